The molecule has 0 saturated carbocycles. The second-order valence-electron chi connectivity index (χ2n) is 7.85. The summed E-state index contributed by atoms with van der Waals surface area (Å²) in [6, 6.07) is 7.55. The Kier molecular flexibility index (Phi) is 7.53. The zero-order chi connectivity index (χ0) is 23.3. The molecule has 0 radical (unpaired) electrons. The number of phenolic OH excluding ortho intramolecular Hbond substituents is 1. The molecule has 170 valence electrons. The van der Waals surface area contributed by atoms with Crippen molar-refractivity contribution >= 4 is 11.9 Å². The first-order valence-corrected chi connectivity index (χ1v) is 10.4. The summed E-state index contributed by atoms with van der Waals surface area (Å²) in [7, 11) is 1.61. The van der Waals surface area contributed by atoms with Crippen molar-refractivity contribution in [2.24, 2.45) is 0 Å². The van der Waals surface area contributed by atoms with Gasteiger partial charge in [-0.15, -0.1) is 0 Å². The SMILES string of the molecule is COc1ccc(COCc2c(C)c3c(c(O)c2CC=C(C)CCC(=O)O)COC3=O)cc1. The molecule has 7 heteroatoms. The molecule has 0 bridgehead atoms. The van der Waals surface area contributed by atoms with E-state index in [9.17, 15) is 14.7 Å². The maximum Gasteiger partial charge on any atom is 0.339 e. The summed E-state index contributed by atoms with van der Waals surface area (Å²) in [6.45, 7) is 4.32. The van der Waals surface area contributed by atoms with Crippen LogP contribution in [0.4, 0.5) is 0 Å². The Morgan fingerprint density at radius 3 is 2.53 bits per heavy atom. The Labute approximate surface area is 187 Å². The predicted molar refractivity (Wildman–Crippen MR) is 118 cm³/mol. The van der Waals surface area contributed by atoms with Crippen LogP contribution in [0.1, 0.15) is 57.9 Å². The maximum atomic E-state index is 12.2. The van der Waals surface area contributed by atoms with E-state index in [1.54, 1.807) is 7.11 Å². The van der Waals surface area contributed by atoms with Crippen molar-refractivity contribution in [3.63, 3.8) is 0 Å². The van der Waals surface area contributed by atoms with Crippen LogP contribution in [0.5, 0.6) is 11.5 Å². The third-order valence-corrected chi connectivity index (χ3v) is 5.68. The first-order chi connectivity index (χ1) is 15.3. The smallest absolute Gasteiger partial charge is 0.339 e. The van der Waals surface area contributed by atoms with Crippen molar-refractivity contribution in [3.8, 4) is 11.5 Å². The van der Waals surface area contributed by atoms with Gasteiger partial charge in [-0.1, -0.05) is 23.8 Å². The summed E-state index contributed by atoms with van der Waals surface area (Å²) in [5, 5.41) is 19.8. The highest BCUT2D eigenvalue weighted by atomic mass is 16.5. The quantitative estimate of drug-likeness (QED) is 0.416. The summed E-state index contributed by atoms with van der Waals surface area (Å²) >= 11 is 0. The lowest BCUT2D eigenvalue weighted by atomic mass is 9.90. The van der Waals surface area contributed by atoms with Crippen LogP contribution in [0.25, 0.3) is 0 Å². The van der Waals surface area contributed by atoms with Crippen molar-refractivity contribution in [2.45, 2.75) is 52.9 Å². The van der Waals surface area contributed by atoms with Gasteiger partial charge in [-0.05, 0) is 55.5 Å². The molecule has 2 N–H and O–H groups in total. The fourth-order valence-corrected chi connectivity index (χ4v) is 3.76. The van der Waals surface area contributed by atoms with Crippen LogP contribution in [0.3, 0.4) is 0 Å². The number of carbonyl (C=O) groups is 2. The summed E-state index contributed by atoms with van der Waals surface area (Å²) in [5.74, 6) is -0.484. The number of esters is 1. The molecule has 0 saturated heterocycles. The molecule has 32 heavy (non-hydrogen) atoms. The standard InChI is InChI=1S/C25H28O7/c1-15(5-11-22(26)27)4-10-19-20(13-31-12-17-6-8-18(30-3)9-7-17)16(2)23-21(24(19)28)14-32-25(23)29/h4,6-9,28H,5,10-14H2,1-3H3,(H,26,27). The Hall–Kier alpha value is -3.32. The third kappa shape index (κ3) is 5.29. The van der Waals surface area contributed by atoms with Crippen LogP contribution < -0.4 is 4.74 Å². The molecule has 3 rings (SSSR count). The second-order valence-corrected chi connectivity index (χ2v) is 7.85. The summed E-state index contributed by atoms with van der Waals surface area (Å²) in [6.07, 6.45) is 2.80. The van der Waals surface area contributed by atoms with Crippen molar-refractivity contribution < 1.29 is 34.0 Å². The molecule has 0 aliphatic carbocycles. The van der Waals surface area contributed by atoms with E-state index in [0.29, 0.717) is 36.1 Å². The van der Waals surface area contributed by atoms with Crippen LogP contribution in [0.15, 0.2) is 35.9 Å². The number of carbonyl (C=O) groups excluding carboxylic acids is 1. The lowest BCUT2D eigenvalue weighted by Gasteiger charge is -2.17. The van der Waals surface area contributed by atoms with Crippen LogP contribution in [0.2, 0.25) is 0 Å². The van der Waals surface area contributed by atoms with Crippen molar-refractivity contribution in [1.29, 1.82) is 0 Å². The minimum absolute atomic E-state index is 0.0433. The molecule has 1 aliphatic rings. The zero-order valence-corrected chi connectivity index (χ0v) is 18.6. The highest BCUT2D eigenvalue weighted by Crippen LogP contribution is 2.38. The molecule has 1 heterocycles. The Balaban J connectivity index is 1.84. The Morgan fingerprint density at radius 1 is 1.16 bits per heavy atom. The molecule has 0 aromatic heterocycles. The van der Waals surface area contributed by atoms with Gasteiger partial charge in [0.05, 0.1) is 25.9 Å². The molecular formula is C25H28O7. The lowest BCUT2D eigenvalue weighted by Crippen LogP contribution is -2.08. The monoisotopic (exact) mass is 440 g/mol. The number of carboxylic acid groups (broad SMARTS) is 1. The van der Waals surface area contributed by atoms with E-state index < -0.39 is 11.9 Å². The minimum atomic E-state index is -0.850. The number of fused-ring (bicyclic) bond motifs is 1. The number of hydrogen-bond donors (Lipinski definition) is 2. The van der Waals surface area contributed by atoms with Crippen LogP contribution in [0, 0.1) is 6.92 Å². The number of cyclic esters (lactones) is 1. The van der Waals surface area contributed by atoms with E-state index in [1.807, 2.05) is 44.2 Å². The average Bonchev–Trinajstić information content (AvgIpc) is 3.17. The van der Waals surface area contributed by atoms with E-state index in [2.05, 4.69) is 0 Å². The van der Waals surface area contributed by atoms with E-state index in [4.69, 9.17) is 19.3 Å². The van der Waals surface area contributed by atoms with Crippen LogP contribution in [-0.4, -0.2) is 29.3 Å². The highest BCUT2D eigenvalue weighted by molar-refractivity contribution is 5.96. The summed E-state index contributed by atoms with van der Waals surface area (Å²) in [5.41, 5.74) is 4.95. The Bertz CT molecular complexity index is 1040. The molecule has 0 unspecified atom stereocenters. The minimum Gasteiger partial charge on any atom is -0.507 e. The molecule has 0 atom stereocenters. The molecule has 1 aliphatic heterocycles. The third-order valence-electron chi connectivity index (χ3n) is 5.68. The predicted octanol–water partition coefficient (Wildman–Crippen LogP) is 4.45. The highest BCUT2D eigenvalue weighted by Gasteiger charge is 2.31. The number of rotatable bonds is 10. The van der Waals surface area contributed by atoms with Gasteiger partial charge >= 0.3 is 11.9 Å². The van der Waals surface area contributed by atoms with Gasteiger partial charge in [-0.3, -0.25) is 4.79 Å². The topological polar surface area (TPSA) is 102 Å². The van der Waals surface area contributed by atoms with Crippen molar-refractivity contribution in [2.75, 3.05) is 7.11 Å². The molecular weight excluding hydrogens is 412 g/mol. The molecule has 0 amide bonds. The normalized spacial score (nSPS) is 13.1. The van der Waals surface area contributed by atoms with Crippen molar-refractivity contribution in [1.82, 2.24) is 0 Å². The number of carboxylic acids is 1. The molecule has 7 nitrogen and oxygen atoms in total. The number of benzene rings is 2. The average molecular weight is 440 g/mol. The van der Waals surface area contributed by atoms with Gasteiger partial charge in [-0.25, -0.2) is 4.79 Å². The first kappa shape index (κ1) is 23.3. The summed E-state index contributed by atoms with van der Waals surface area (Å²) < 4.78 is 16.2. The van der Waals surface area contributed by atoms with Gasteiger partial charge < -0.3 is 24.4 Å². The molecule has 2 aromatic rings. The van der Waals surface area contributed by atoms with Crippen LogP contribution >= 0.6 is 0 Å². The van der Waals surface area contributed by atoms with E-state index in [0.717, 1.165) is 28.0 Å². The molecule has 2 aromatic carbocycles. The number of aromatic hydroxyl groups is 1. The Morgan fingerprint density at radius 2 is 1.88 bits per heavy atom. The first-order valence-electron chi connectivity index (χ1n) is 10.4. The van der Waals surface area contributed by atoms with Gasteiger partial charge in [0.1, 0.15) is 18.1 Å². The second kappa shape index (κ2) is 10.3. The molecule has 0 spiro atoms. The number of hydrogen-bond acceptors (Lipinski definition) is 6. The van der Waals surface area contributed by atoms with E-state index >= 15 is 0 Å². The van der Waals surface area contributed by atoms with Gasteiger partial charge in [0.2, 0.25) is 0 Å². The number of phenols is 1. The van der Waals surface area contributed by atoms with E-state index in [1.165, 1.54) is 0 Å². The summed E-state index contributed by atoms with van der Waals surface area (Å²) in [4.78, 5) is 23.0. The molecule has 0 fully saturated rings. The van der Waals surface area contributed by atoms with Gasteiger partial charge in [-0.2, -0.15) is 0 Å². The fraction of sp³-hybridized carbons (Fsp3) is 0.360. The van der Waals surface area contributed by atoms with E-state index in [-0.39, 0.29) is 25.4 Å². The number of allylic oxidation sites excluding steroid dienone is 2. The largest absolute Gasteiger partial charge is 0.507 e. The fourth-order valence-electron chi connectivity index (χ4n) is 3.76. The van der Waals surface area contributed by atoms with Crippen LogP contribution in [-0.2, 0) is 40.5 Å². The van der Waals surface area contributed by atoms with Gasteiger partial charge in [0.15, 0.2) is 0 Å². The lowest BCUT2D eigenvalue weighted by molar-refractivity contribution is -0.136. The number of ether oxygens (including phenoxy) is 3. The number of aliphatic carboxylic acids is 1. The van der Waals surface area contributed by atoms with Crippen molar-refractivity contribution in [3.05, 3.63) is 69.3 Å². The van der Waals surface area contributed by atoms with Gasteiger partial charge in [0, 0.05) is 17.5 Å². The maximum absolute atomic E-state index is 12.2. The number of methoxy groups -OCH3 is 1. The van der Waals surface area contributed by atoms with Gasteiger partial charge in [0.25, 0.3) is 0 Å². The zero-order valence-electron chi connectivity index (χ0n) is 18.6.